The summed E-state index contributed by atoms with van der Waals surface area (Å²) in [5.74, 6) is 2.45. The fraction of sp³-hybridized carbons (Fsp3) is 0.650. The maximum Gasteiger partial charge on any atom is 0.193 e. The van der Waals surface area contributed by atoms with E-state index in [1.165, 1.54) is 5.56 Å². The van der Waals surface area contributed by atoms with Gasteiger partial charge in [-0.25, -0.2) is 0 Å². The van der Waals surface area contributed by atoms with E-state index in [9.17, 15) is 0 Å². The number of rotatable bonds is 7. The average Bonchev–Trinajstić information content (AvgIpc) is 2.68. The molecule has 2 rings (SSSR count). The van der Waals surface area contributed by atoms with Crippen LogP contribution in [0, 0.1) is 0 Å². The van der Waals surface area contributed by atoms with Gasteiger partial charge in [0.1, 0.15) is 0 Å². The maximum atomic E-state index is 5.39. The van der Waals surface area contributed by atoms with Crippen molar-refractivity contribution in [1.82, 2.24) is 20.0 Å². The monoisotopic (exact) mass is 505 g/mol. The molecule has 0 bridgehead atoms. The van der Waals surface area contributed by atoms with Gasteiger partial charge in [-0.1, -0.05) is 6.07 Å². The van der Waals surface area contributed by atoms with Gasteiger partial charge in [-0.3, -0.25) is 9.89 Å². The number of piperazine rings is 1. The van der Waals surface area contributed by atoms with Crippen molar-refractivity contribution in [3.63, 3.8) is 0 Å². The minimum atomic E-state index is 0. The molecule has 160 valence electrons. The molecule has 0 aliphatic carbocycles. The molecule has 0 spiro atoms. The van der Waals surface area contributed by atoms with Crippen LogP contribution in [0.1, 0.15) is 5.56 Å². The number of hydrogen-bond donors (Lipinski definition) is 1. The highest BCUT2D eigenvalue weighted by atomic mass is 127. The first-order valence-corrected chi connectivity index (χ1v) is 9.50. The number of benzene rings is 1. The Hall–Kier alpha value is -1.26. The van der Waals surface area contributed by atoms with Crippen LogP contribution in [-0.4, -0.2) is 102 Å². The molecule has 1 aliphatic rings. The Morgan fingerprint density at radius 1 is 1.21 bits per heavy atom. The topological polar surface area (TPSA) is 52.6 Å². The summed E-state index contributed by atoms with van der Waals surface area (Å²) < 4.78 is 10.7. The molecule has 7 nitrogen and oxygen atoms in total. The van der Waals surface area contributed by atoms with Gasteiger partial charge in [-0.05, 0) is 38.2 Å². The van der Waals surface area contributed by atoms with Crippen molar-refractivity contribution >= 4 is 29.9 Å². The van der Waals surface area contributed by atoms with E-state index in [-0.39, 0.29) is 24.0 Å². The SMILES string of the molecule is CN=C(NCC1CN(C)CCN1C)N(C)CCc1ccc(OC)c(OC)c1.I. The van der Waals surface area contributed by atoms with E-state index >= 15 is 0 Å². The van der Waals surface area contributed by atoms with Crippen LogP contribution in [0.3, 0.4) is 0 Å². The Labute approximate surface area is 187 Å². The summed E-state index contributed by atoms with van der Waals surface area (Å²) in [6.45, 7) is 5.09. The Morgan fingerprint density at radius 2 is 1.93 bits per heavy atom. The summed E-state index contributed by atoms with van der Waals surface area (Å²) in [7, 11) is 11.6. The molecule has 0 radical (unpaired) electrons. The first-order chi connectivity index (χ1) is 13.0. The number of aliphatic imine (C=N–C) groups is 1. The normalized spacial score (nSPS) is 18.4. The van der Waals surface area contributed by atoms with Crippen molar-refractivity contribution in [2.75, 3.05) is 75.1 Å². The number of nitrogens with one attached hydrogen (secondary N) is 1. The molecule has 1 fully saturated rings. The van der Waals surface area contributed by atoms with E-state index in [0.717, 1.165) is 56.6 Å². The van der Waals surface area contributed by atoms with Crippen molar-refractivity contribution < 1.29 is 9.47 Å². The fourth-order valence-corrected chi connectivity index (χ4v) is 3.35. The van der Waals surface area contributed by atoms with Crippen LogP contribution in [0.15, 0.2) is 23.2 Å². The average molecular weight is 505 g/mol. The predicted octanol–water partition coefficient (Wildman–Crippen LogP) is 1.62. The van der Waals surface area contributed by atoms with Crippen molar-refractivity contribution in [3.05, 3.63) is 23.8 Å². The fourth-order valence-electron chi connectivity index (χ4n) is 3.35. The van der Waals surface area contributed by atoms with Crippen LogP contribution < -0.4 is 14.8 Å². The van der Waals surface area contributed by atoms with Crippen molar-refractivity contribution in [2.24, 2.45) is 4.99 Å². The highest BCUT2D eigenvalue weighted by Gasteiger charge is 2.22. The molecule has 1 aromatic rings. The highest BCUT2D eigenvalue weighted by molar-refractivity contribution is 14.0. The molecule has 0 amide bonds. The van der Waals surface area contributed by atoms with Gasteiger partial charge >= 0.3 is 0 Å². The molecule has 8 heteroatoms. The standard InChI is InChI=1S/C20H35N5O2.HI/c1-21-20(22-14-17-15-23(2)11-12-24(17)3)25(4)10-9-16-7-8-18(26-5)19(13-16)27-6;/h7-8,13,17H,9-12,14-15H2,1-6H3,(H,21,22);1H. The lowest BCUT2D eigenvalue weighted by Crippen LogP contribution is -2.55. The zero-order chi connectivity index (χ0) is 19.8. The molecule has 1 saturated heterocycles. The third-order valence-electron chi connectivity index (χ3n) is 5.23. The number of guanidine groups is 1. The number of hydrogen-bond acceptors (Lipinski definition) is 5. The van der Waals surface area contributed by atoms with Crippen molar-refractivity contribution in [3.8, 4) is 11.5 Å². The van der Waals surface area contributed by atoms with E-state index in [0.29, 0.717) is 6.04 Å². The van der Waals surface area contributed by atoms with E-state index in [2.05, 4.69) is 52.2 Å². The summed E-state index contributed by atoms with van der Waals surface area (Å²) in [5.41, 5.74) is 1.21. The van der Waals surface area contributed by atoms with Gasteiger partial charge in [0.25, 0.3) is 0 Å². The van der Waals surface area contributed by atoms with Gasteiger partial charge in [-0.15, -0.1) is 24.0 Å². The molecule has 0 saturated carbocycles. The van der Waals surface area contributed by atoms with Crippen molar-refractivity contribution in [1.29, 1.82) is 0 Å². The Kier molecular flexibility index (Phi) is 10.9. The van der Waals surface area contributed by atoms with E-state index in [1.54, 1.807) is 14.2 Å². The van der Waals surface area contributed by atoms with Crippen LogP contribution >= 0.6 is 24.0 Å². The largest absolute Gasteiger partial charge is 0.493 e. The lowest BCUT2D eigenvalue weighted by Gasteiger charge is -2.38. The van der Waals surface area contributed by atoms with Gasteiger partial charge < -0.3 is 24.6 Å². The summed E-state index contributed by atoms with van der Waals surface area (Å²) in [6.07, 6.45) is 0.906. The van der Waals surface area contributed by atoms with Crippen molar-refractivity contribution in [2.45, 2.75) is 12.5 Å². The van der Waals surface area contributed by atoms with Gasteiger partial charge in [0.05, 0.1) is 14.2 Å². The van der Waals surface area contributed by atoms with Crippen LogP contribution in [0.25, 0.3) is 0 Å². The molecule has 1 heterocycles. The van der Waals surface area contributed by atoms with Crippen LogP contribution in [0.5, 0.6) is 11.5 Å². The first kappa shape index (κ1) is 24.8. The second-order valence-corrected chi connectivity index (χ2v) is 7.19. The number of ether oxygens (including phenoxy) is 2. The minimum absolute atomic E-state index is 0. The third kappa shape index (κ3) is 6.97. The highest BCUT2D eigenvalue weighted by Crippen LogP contribution is 2.27. The second-order valence-electron chi connectivity index (χ2n) is 7.19. The zero-order valence-corrected chi connectivity index (χ0v) is 20.4. The second kappa shape index (κ2) is 12.3. The zero-order valence-electron chi connectivity index (χ0n) is 18.1. The molecular weight excluding hydrogens is 469 g/mol. The molecule has 1 N–H and O–H groups in total. The summed E-state index contributed by atoms with van der Waals surface area (Å²) in [4.78, 5) is 11.4. The molecule has 1 aromatic carbocycles. The number of nitrogens with zero attached hydrogens (tertiary/aromatic N) is 4. The van der Waals surface area contributed by atoms with Gasteiger partial charge in [0.2, 0.25) is 0 Å². The quantitative estimate of drug-likeness (QED) is 0.346. The molecule has 1 unspecified atom stereocenters. The summed E-state index contributed by atoms with van der Waals surface area (Å²) in [5, 5.41) is 3.53. The Bertz CT molecular complexity index is 629. The molecular formula is C20H36IN5O2. The van der Waals surface area contributed by atoms with E-state index < -0.39 is 0 Å². The minimum Gasteiger partial charge on any atom is -0.493 e. The summed E-state index contributed by atoms with van der Waals surface area (Å²) >= 11 is 0. The molecule has 0 aromatic heterocycles. The van der Waals surface area contributed by atoms with E-state index in [1.807, 2.05) is 19.2 Å². The predicted molar refractivity (Wildman–Crippen MR) is 127 cm³/mol. The number of halogens is 1. The Balaban J connectivity index is 0.00000392. The number of likely N-dealkylation sites (N-methyl/N-ethyl adjacent to an activating group) is 3. The molecule has 1 atom stereocenters. The number of methoxy groups -OCH3 is 2. The summed E-state index contributed by atoms with van der Waals surface area (Å²) in [6, 6.07) is 6.57. The van der Waals surface area contributed by atoms with Gasteiger partial charge in [-0.2, -0.15) is 0 Å². The Morgan fingerprint density at radius 3 is 2.57 bits per heavy atom. The lowest BCUT2D eigenvalue weighted by atomic mass is 10.1. The lowest BCUT2D eigenvalue weighted by molar-refractivity contribution is 0.116. The third-order valence-corrected chi connectivity index (χ3v) is 5.23. The first-order valence-electron chi connectivity index (χ1n) is 9.50. The molecule has 28 heavy (non-hydrogen) atoms. The van der Waals surface area contributed by atoms with Crippen LogP contribution in [0.2, 0.25) is 0 Å². The van der Waals surface area contributed by atoms with Crippen LogP contribution in [0.4, 0.5) is 0 Å². The van der Waals surface area contributed by atoms with Gasteiger partial charge in [0.15, 0.2) is 17.5 Å². The van der Waals surface area contributed by atoms with Gasteiger partial charge in [0, 0.05) is 52.9 Å². The maximum absolute atomic E-state index is 5.39. The molecule has 1 aliphatic heterocycles. The van der Waals surface area contributed by atoms with Crippen LogP contribution in [-0.2, 0) is 6.42 Å². The smallest absolute Gasteiger partial charge is 0.193 e. The van der Waals surface area contributed by atoms with E-state index in [4.69, 9.17) is 9.47 Å².